The van der Waals surface area contributed by atoms with Crippen molar-refractivity contribution in [2.45, 2.75) is 32.9 Å². The van der Waals surface area contributed by atoms with Crippen molar-refractivity contribution in [3.8, 4) is 0 Å². The highest BCUT2D eigenvalue weighted by atomic mass is 14.9. The van der Waals surface area contributed by atoms with E-state index in [0.29, 0.717) is 12.5 Å². The van der Waals surface area contributed by atoms with Gasteiger partial charge in [0.1, 0.15) is 0 Å². The van der Waals surface area contributed by atoms with Crippen LogP contribution in [0.5, 0.6) is 0 Å². The van der Waals surface area contributed by atoms with E-state index in [1.807, 2.05) is 12.1 Å². The van der Waals surface area contributed by atoms with Gasteiger partial charge in [-0.15, -0.1) is 0 Å². The Bertz CT molecular complexity index is 331. The summed E-state index contributed by atoms with van der Waals surface area (Å²) in [5.74, 6) is 0.212. The van der Waals surface area contributed by atoms with Crippen LogP contribution in [0.1, 0.15) is 25.0 Å². The van der Waals surface area contributed by atoms with Gasteiger partial charge in [0.2, 0.25) is 0 Å². The van der Waals surface area contributed by atoms with Crippen LogP contribution in [0.3, 0.4) is 0 Å². The Labute approximate surface area is 91.2 Å². The molecule has 0 atom stereocenters. The number of benzene rings is 1. The maximum Gasteiger partial charge on any atom is 0.0950 e. The fraction of sp³-hybridized carbons (Fsp3) is 0.417. The van der Waals surface area contributed by atoms with Crippen molar-refractivity contribution in [2.75, 3.05) is 0 Å². The molecule has 0 aliphatic heterocycles. The van der Waals surface area contributed by atoms with Gasteiger partial charge in [-0.3, -0.25) is 5.41 Å². The maximum absolute atomic E-state index is 7.23. The predicted octanol–water partition coefficient (Wildman–Crippen LogP) is 1.66. The molecule has 0 fully saturated rings. The van der Waals surface area contributed by atoms with Gasteiger partial charge in [-0.05, 0) is 11.1 Å². The minimum absolute atomic E-state index is 0.212. The van der Waals surface area contributed by atoms with Crippen molar-refractivity contribution in [3.05, 3.63) is 35.4 Å². The molecule has 0 unspecified atom stereocenters. The van der Waals surface area contributed by atoms with Gasteiger partial charge in [0.05, 0.1) is 5.84 Å². The lowest BCUT2D eigenvalue weighted by Gasteiger charge is -2.09. The van der Waals surface area contributed by atoms with E-state index in [9.17, 15) is 0 Å². The standard InChI is InChI=1S/C12H19N3/c1-9(2)15-8-11-5-3-4-10(6-11)7-12(13)14/h3-6,9,15H,7-8H2,1-2H3,(H3,13,14). The summed E-state index contributed by atoms with van der Waals surface area (Å²) in [5.41, 5.74) is 7.71. The first-order valence-corrected chi connectivity index (χ1v) is 5.22. The average molecular weight is 205 g/mol. The predicted molar refractivity (Wildman–Crippen MR) is 64.0 cm³/mol. The van der Waals surface area contributed by atoms with Gasteiger partial charge in [0, 0.05) is 19.0 Å². The monoisotopic (exact) mass is 205 g/mol. The number of nitrogens with one attached hydrogen (secondary N) is 2. The van der Waals surface area contributed by atoms with E-state index in [-0.39, 0.29) is 5.84 Å². The van der Waals surface area contributed by atoms with Crippen LogP contribution in [0.2, 0.25) is 0 Å². The topological polar surface area (TPSA) is 61.9 Å². The number of hydrogen-bond acceptors (Lipinski definition) is 2. The molecule has 0 aromatic heterocycles. The molecule has 3 nitrogen and oxygen atoms in total. The first kappa shape index (κ1) is 11.7. The second kappa shape index (κ2) is 5.51. The summed E-state index contributed by atoms with van der Waals surface area (Å²) in [6.45, 7) is 5.11. The molecule has 3 heteroatoms. The molecular weight excluding hydrogens is 186 g/mol. The van der Waals surface area contributed by atoms with E-state index in [1.54, 1.807) is 0 Å². The van der Waals surface area contributed by atoms with Gasteiger partial charge in [-0.2, -0.15) is 0 Å². The Morgan fingerprint density at radius 3 is 2.67 bits per heavy atom. The van der Waals surface area contributed by atoms with Crippen molar-refractivity contribution < 1.29 is 0 Å². The summed E-state index contributed by atoms with van der Waals surface area (Å²) in [7, 11) is 0. The van der Waals surface area contributed by atoms with Crippen LogP contribution in [0.4, 0.5) is 0 Å². The quantitative estimate of drug-likeness (QED) is 0.505. The minimum Gasteiger partial charge on any atom is -0.387 e. The third kappa shape index (κ3) is 4.61. The smallest absolute Gasteiger partial charge is 0.0950 e. The van der Waals surface area contributed by atoms with Crippen LogP contribution in [0.15, 0.2) is 24.3 Å². The summed E-state index contributed by atoms with van der Waals surface area (Å²) >= 11 is 0. The van der Waals surface area contributed by atoms with Crippen LogP contribution in [-0.2, 0) is 13.0 Å². The third-order valence-corrected chi connectivity index (χ3v) is 2.10. The largest absolute Gasteiger partial charge is 0.387 e. The van der Waals surface area contributed by atoms with Crippen LogP contribution < -0.4 is 11.1 Å². The molecule has 1 aromatic rings. The maximum atomic E-state index is 7.23. The highest BCUT2D eigenvalue weighted by Gasteiger charge is 1.98. The Balaban J connectivity index is 2.61. The SMILES string of the molecule is CC(C)NCc1cccc(CC(=N)N)c1. The van der Waals surface area contributed by atoms with Gasteiger partial charge >= 0.3 is 0 Å². The Hall–Kier alpha value is -1.35. The third-order valence-electron chi connectivity index (χ3n) is 2.10. The van der Waals surface area contributed by atoms with Crippen molar-refractivity contribution >= 4 is 5.84 Å². The van der Waals surface area contributed by atoms with Crippen LogP contribution in [0.25, 0.3) is 0 Å². The number of amidine groups is 1. The van der Waals surface area contributed by atoms with Crippen molar-refractivity contribution in [3.63, 3.8) is 0 Å². The Morgan fingerprint density at radius 2 is 2.07 bits per heavy atom. The van der Waals surface area contributed by atoms with E-state index in [4.69, 9.17) is 11.1 Å². The highest BCUT2D eigenvalue weighted by molar-refractivity contribution is 5.79. The zero-order valence-electron chi connectivity index (χ0n) is 9.38. The summed E-state index contributed by atoms with van der Waals surface area (Å²) in [5, 5.41) is 10.6. The highest BCUT2D eigenvalue weighted by Crippen LogP contribution is 2.06. The number of nitrogens with two attached hydrogens (primary N) is 1. The van der Waals surface area contributed by atoms with Gasteiger partial charge < -0.3 is 11.1 Å². The minimum atomic E-state index is 0.212. The van der Waals surface area contributed by atoms with E-state index < -0.39 is 0 Å². The molecular formula is C12H19N3. The average Bonchev–Trinajstić information content (AvgIpc) is 2.14. The molecule has 0 bridgehead atoms. The fourth-order valence-corrected chi connectivity index (χ4v) is 1.39. The van der Waals surface area contributed by atoms with Crippen LogP contribution in [0, 0.1) is 5.41 Å². The van der Waals surface area contributed by atoms with E-state index >= 15 is 0 Å². The summed E-state index contributed by atoms with van der Waals surface area (Å²) in [6.07, 6.45) is 0.537. The number of rotatable bonds is 5. The molecule has 0 aliphatic rings. The zero-order valence-corrected chi connectivity index (χ0v) is 9.38. The second-order valence-electron chi connectivity index (χ2n) is 4.06. The van der Waals surface area contributed by atoms with Crippen molar-refractivity contribution in [2.24, 2.45) is 5.73 Å². The molecule has 1 aromatic carbocycles. The Kier molecular flexibility index (Phi) is 4.31. The lowest BCUT2D eigenvalue weighted by Crippen LogP contribution is -2.22. The lowest BCUT2D eigenvalue weighted by atomic mass is 10.1. The second-order valence-corrected chi connectivity index (χ2v) is 4.06. The molecule has 0 saturated carbocycles. The van der Waals surface area contributed by atoms with Gasteiger partial charge in [-0.1, -0.05) is 38.1 Å². The van der Waals surface area contributed by atoms with Crippen LogP contribution in [-0.4, -0.2) is 11.9 Å². The molecule has 0 heterocycles. The van der Waals surface area contributed by atoms with E-state index in [2.05, 4.69) is 31.3 Å². The molecule has 0 amide bonds. The van der Waals surface area contributed by atoms with Crippen LogP contribution >= 0.6 is 0 Å². The Morgan fingerprint density at radius 1 is 1.40 bits per heavy atom. The summed E-state index contributed by atoms with van der Waals surface area (Å²) in [6, 6.07) is 8.67. The summed E-state index contributed by atoms with van der Waals surface area (Å²) in [4.78, 5) is 0. The molecule has 0 spiro atoms. The molecule has 0 aliphatic carbocycles. The first-order valence-electron chi connectivity index (χ1n) is 5.22. The summed E-state index contributed by atoms with van der Waals surface area (Å²) < 4.78 is 0. The molecule has 0 radical (unpaired) electrons. The van der Waals surface area contributed by atoms with Gasteiger partial charge in [-0.25, -0.2) is 0 Å². The molecule has 4 N–H and O–H groups in total. The van der Waals surface area contributed by atoms with Gasteiger partial charge in [0.25, 0.3) is 0 Å². The van der Waals surface area contributed by atoms with Gasteiger partial charge in [0.15, 0.2) is 0 Å². The first-order chi connectivity index (χ1) is 7.08. The van der Waals surface area contributed by atoms with E-state index in [0.717, 1.165) is 12.1 Å². The molecule has 1 rings (SSSR count). The normalized spacial score (nSPS) is 10.6. The van der Waals surface area contributed by atoms with Crippen molar-refractivity contribution in [1.82, 2.24) is 5.32 Å². The molecule has 0 saturated heterocycles. The number of hydrogen-bond donors (Lipinski definition) is 3. The fourth-order valence-electron chi connectivity index (χ4n) is 1.39. The lowest BCUT2D eigenvalue weighted by molar-refractivity contribution is 0.588. The molecule has 82 valence electrons. The molecule has 15 heavy (non-hydrogen) atoms. The van der Waals surface area contributed by atoms with Crippen molar-refractivity contribution in [1.29, 1.82) is 5.41 Å². The zero-order chi connectivity index (χ0) is 11.3. The van der Waals surface area contributed by atoms with E-state index in [1.165, 1.54) is 5.56 Å².